The van der Waals surface area contributed by atoms with Gasteiger partial charge < -0.3 is 9.84 Å². The molecule has 0 aliphatic rings. The summed E-state index contributed by atoms with van der Waals surface area (Å²) in [6.07, 6.45) is 0. The van der Waals surface area contributed by atoms with Crippen LogP contribution in [0.1, 0.15) is 0 Å². The third-order valence-corrected chi connectivity index (χ3v) is 4.43. The molecule has 0 atom stereocenters. The quantitative estimate of drug-likeness (QED) is 0.727. The normalized spacial score (nSPS) is 10.8. The first-order chi connectivity index (χ1) is 9.20. The third kappa shape index (κ3) is 1.94. The molecule has 0 aliphatic heterocycles. The topological polar surface area (TPSA) is 33.3 Å². The Kier molecular flexibility index (Phi) is 2.87. The number of phenols is 1. The number of thiazole rings is 1. The van der Waals surface area contributed by atoms with Gasteiger partial charge in [0.1, 0.15) is 11.7 Å². The molecule has 0 radical (unpaired) electrons. The molecule has 2 aromatic carbocycles. The molecule has 0 aliphatic carbocycles. The Morgan fingerprint density at radius 2 is 1.95 bits per heavy atom. The van der Waals surface area contributed by atoms with E-state index in [4.69, 9.17) is 4.74 Å². The maximum absolute atomic E-state index is 9.66. The van der Waals surface area contributed by atoms with E-state index in [0.717, 1.165) is 10.6 Å². The van der Waals surface area contributed by atoms with Crippen molar-refractivity contribution in [2.75, 3.05) is 7.11 Å². The van der Waals surface area contributed by atoms with Crippen molar-refractivity contribution >= 4 is 21.6 Å². The molecule has 0 unspecified atom stereocenters. The van der Waals surface area contributed by atoms with Crippen molar-refractivity contribution in [1.82, 2.24) is 0 Å². The van der Waals surface area contributed by atoms with Gasteiger partial charge in [0.2, 0.25) is 5.52 Å². The Balaban J connectivity index is 2.21. The monoisotopic (exact) mass is 272 g/mol. The van der Waals surface area contributed by atoms with E-state index < -0.39 is 0 Å². The predicted octanol–water partition coefficient (Wildman–Crippen LogP) is 3.11. The van der Waals surface area contributed by atoms with Crippen LogP contribution in [-0.2, 0) is 7.05 Å². The molecule has 3 nitrogen and oxygen atoms in total. The fourth-order valence-electron chi connectivity index (χ4n) is 2.17. The molecular formula is C15H14NO2S+. The van der Waals surface area contributed by atoms with E-state index >= 15 is 0 Å². The zero-order chi connectivity index (χ0) is 13.4. The fraction of sp³-hybridized carbons (Fsp3) is 0.133. The van der Waals surface area contributed by atoms with Crippen LogP contribution in [0.2, 0.25) is 0 Å². The molecule has 0 saturated heterocycles. The van der Waals surface area contributed by atoms with Gasteiger partial charge >= 0.3 is 0 Å². The molecule has 1 heterocycles. The van der Waals surface area contributed by atoms with E-state index in [9.17, 15) is 5.11 Å². The van der Waals surface area contributed by atoms with Crippen LogP contribution in [-0.4, -0.2) is 12.2 Å². The summed E-state index contributed by atoms with van der Waals surface area (Å²) in [5.41, 5.74) is 2.24. The number of para-hydroxylation sites is 1. The maximum atomic E-state index is 9.66. The van der Waals surface area contributed by atoms with Crippen molar-refractivity contribution in [2.45, 2.75) is 0 Å². The van der Waals surface area contributed by atoms with E-state index in [1.165, 1.54) is 10.2 Å². The van der Waals surface area contributed by atoms with Crippen LogP contribution >= 0.6 is 11.3 Å². The molecule has 3 rings (SSSR count). The maximum Gasteiger partial charge on any atom is 0.269 e. The van der Waals surface area contributed by atoms with Gasteiger partial charge in [0.15, 0.2) is 11.5 Å². The number of aryl methyl sites for hydroxylation is 1. The summed E-state index contributed by atoms with van der Waals surface area (Å²) in [7, 11) is 3.61. The zero-order valence-corrected chi connectivity index (χ0v) is 11.6. The molecule has 0 bridgehead atoms. The summed E-state index contributed by atoms with van der Waals surface area (Å²) in [5.74, 6) is 0.657. The van der Waals surface area contributed by atoms with Gasteiger partial charge in [0, 0.05) is 6.07 Å². The lowest BCUT2D eigenvalue weighted by atomic mass is 10.2. The average molecular weight is 272 g/mol. The first-order valence-electron chi connectivity index (χ1n) is 5.95. The van der Waals surface area contributed by atoms with Crippen LogP contribution in [0.5, 0.6) is 11.5 Å². The number of methoxy groups -OCH3 is 1. The number of ether oxygens (including phenoxy) is 1. The smallest absolute Gasteiger partial charge is 0.269 e. The number of phenolic OH excluding ortho intramolecular Hbond substituents is 1. The molecule has 0 spiro atoms. The Hall–Kier alpha value is -2.07. The van der Waals surface area contributed by atoms with Crippen molar-refractivity contribution in [1.29, 1.82) is 0 Å². The molecule has 19 heavy (non-hydrogen) atoms. The van der Waals surface area contributed by atoms with Crippen molar-refractivity contribution in [3.05, 3.63) is 42.5 Å². The molecule has 0 saturated carbocycles. The Labute approximate surface area is 115 Å². The van der Waals surface area contributed by atoms with Crippen LogP contribution in [0.25, 0.3) is 20.8 Å². The zero-order valence-electron chi connectivity index (χ0n) is 10.8. The highest BCUT2D eigenvalue weighted by Gasteiger charge is 2.19. The van der Waals surface area contributed by atoms with Gasteiger partial charge in [0.25, 0.3) is 5.01 Å². The van der Waals surface area contributed by atoms with Gasteiger partial charge in [0.05, 0.1) is 12.7 Å². The molecular weight excluding hydrogens is 258 g/mol. The Bertz CT molecular complexity index is 749. The van der Waals surface area contributed by atoms with E-state index in [2.05, 4.69) is 16.7 Å². The van der Waals surface area contributed by atoms with Crippen molar-refractivity contribution in [2.24, 2.45) is 7.05 Å². The van der Waals surface area contributed by atoms with Crippen molar-refractivity contribution < 1.29 is 14.4 Å². The number of hydrogen-bond acceptors (Lipinski definition) is 3. The SMILES string of the molecule is COc1cc(-c2sc3ccccc3[n+]2C)ccc1O. The van der Waals surface area contributed by atoms with Crippen LogP contribution in [0.15, 0.2) is 42.5 Å². The number of aromatic nitrogens is 1. The van der Waals surface area contributed by atoms with Gasteiger partial charge in [-0.3, -0.25) is 0 Å². The average Bonchev–Trinajstić information content (AvgIpc) is 2.77. The van der Waals surface area contributed by atoms with Crippen molar-refractivity contribution in [3.8, 4) is 22.1 Å². The van der Waals surface area contributed by atoms with Crippen LogP contribution < -0.4 is 9.30 Å². The lowest BCUT2D eigenvalue weighted by Crippen LogP contribution is -2.28. The Morgan fingerprint density at radius 3 is 2.68 bits per heavy atom. The summed E-state index contributed by atoms with van der Waals surface area (Å²) in [4.78, 5) is 0. The minimum absolute atomic E-state index is 0.162. The molecule has 96 valence electrons. The van der Waals surface area contributed by atoms with E-state index in [1.807, 2.05) is 31.3 Å². The number of rotatable bonds is 2. The minimum Gasteiger partial charge on any atom is -0.504 e. The number of benzene rings is 2. The summed E-state index contributed by atoms with van der Waals surface area (Å²) in [6.45, 7) is 0. The standard InChI is InChI=1S/C15H13NO2S/c1-16-11-5-3-4-6-14(11)19-15(16)10-7-8-12(17)13(9-10)18-2/h3-9H,1-2H3/p+1. The summed E-state index contributed by atoms with van der Waals surface area (Å²) in [6, 6.07) is 13.7. The molecule has 1 N–H and O–H groups in total. The van der Waals surface area contributed by atoms with Crippen LogP contribution in [0.4, 0.5) is 0 Å². The molecule has 3 aromatic rings. The fourth-order valence-corrected chi connectivity index (χ4v) is 3.31. The third-order valence-electron chi connectivity index (χ3n) is 3.16. The summed E-state index contributed by atoms with van der Waals surface area (Å²) < 4.78 is 8.57. The second-order valence-corrected chi connectivity index (χ2v) is 5.35. The second kappa shape index (κ2) is 4.55. The number of hydrogen-bond donors (Lipinski definition) is 1. The van der Waals surface area contributed by atoms with Crippen LogP contribution in [0, 0.1) is 0 Å². The van der Waals surface area contributed by atoms with Gasteiger partial charge in [-0.05, 0) is 24.3 Å². The predicted molar refractivity (Wildman–Crippen MR) is 76.7 cm³/mol. The lowest BCUT2D eigenvalue weighted by Gasteiger charge is -2.03. The first-order valence-corrected chi connectivity index (χ1v) is 6.77. The van der Waals surface area contributed by atoms with Gasteiger partial charge in [-0.15, -0.1) is 0 Å². The summed E-state index contributed by atoms with van der Waals surface area (Å²) in [5, 5.41) is 10.8. The lowest BCUT2D eigenvalue weighted by molar-refractivity contribution is -0.629. The molecule has 0 amide bonds. The minimum atomic E-state index is 0.162. The molecule has 1 aromatic heterocycles. The van der Waals surface area contributed by atoms with Crippen molar-refractivity contribution in [3.63, 3.8) is 0 Å². The molecule has 0 fully saturated rings. The second-order valence-electron chi connectivity index (χ2n) is 4.32. The number of aromatic hydroxyl groups is 1. The highest BCUT2D eigenvalue weighted by molar-refractivity contribution is 7.21. The highest BCUT2D eigenvalue weighted by Crippen LogP contribution is 2.34. The first kappa shape index (κ1) is 12.0. The van der Waals surface area contributed by atoms with Gasteiger partial charge in [-0.1, -0.05) is 23.5 Å². The van der Waals surface area contributed by atoms with Crippen LogP contribution in [0.3, 0.4) is 0 Å². The van der Waals surface area contributed by atoms with E-state index in [-0.39, 0.29) is 5.75 Å². The largest absolute Gasteiger partial charge is 0.504 e. The van der Waals surface area contributed by atoms with Gasteiger partial charge in [-0.25, -0.2) is 0 Å². The highest BCUT2D eigenvalue weighted by atomic mass is 32.1. The van der Waals surface area contributed by atoms with E-state index in [0.29, 0.717) is 5.75 Å². The number of nitrogens with zero attached hydrogens (tertiary/aromatic N) is 1. The Morgan fingerprint density at radius 1 is 1.16 bits per heavy atom. The van der Waals surface area contributed by atoms with E-state index in [1.54, 1.807) is 24.5 Å². The number of fused-ring (bicyclic) bond motifs is 1. The molecule has 4 heteroatoms. The van der Waals surface area contributed by atoms with Gasteiger partial charge in [-0.2, -0.15) is 4.57 Å². The summed E-state index contributed by atoms with van der Waals surface area (Å²) >= 11 is 1.73.